The van der Waals surface area contributed by atoms with Gasteiger partial charge in [-0.25, -0.2) is 0 Å². The van der Waals surface area contributed by atoms with E-state index in [0.717, 1.165) is 17.9 Å². The average molecular weight is 345 g/mol. The Morgan fingerprint density at radius 2 is 1.72 bits per heavy atom. The molecule has 0 saturated carbocycles. The summed E-state index contributed by atoms with van der Waals surface area (Å²) < 4.78 is 0. The third kappa shape index (κ3) is 12.9. The van der Waals surface area contributed by atoms with Gasteiger partial charge in [-0.05, 0) is 70.6 Å². The molecule has 0 aliphatic heterocycles. The largest absolute Gasteiger partial charge is 0.103 e. The quantitative estimate of drug-likeness (QED) is 0.205. The third-order valence-corrected chi connectivity index (χ3v) is 5.18. The van der Waals surface area contributed by atoms with E-state index >= 15 is 0 Å². The van der Waals surface area contributed by atoms with E-state index < -0.39 is 0 Å². The van der Waals surface area contributed by atoms with Crippen molar-refractivity contribution >= 4 is 0 Å². The van der Waals surface area contributed by atoms with Crippen LogP contribution in [0.1, 0.15) is 98.8 Å². The summed E-state index contributed by atoms with van der Waals surface area (Å²) in [6.45, 7) is 19.5. The molecule has 0 radical (unpaired) electrons. The lowest BCUT2D eigenvalue weighted by molar-refractivity contribution is 0.482. The van der Waals surface area contributed by atoms with Crippen molar-refractivity contribution in [3.05, 3.63) is 48.1 Å². The van der Waals surface area contributed by atoms with Gasteiger partial charge in [-0.3, -0.25) is 0 Å². The maximum atomic E-state index is 4.10. The van der Waals surface area contributed by atoms with Crippen LogP contribution in [-0.4, -0.2) is 0 Å². The van der Waals surface area contributed by atoms with E-state index in [1.165, 1.54) is 57.8 Å². The minimum Gasteiger partial charge on any atom is -0.103 e. The Labute approximate surface area is 159 Å². The summed E-state index contributed by atoms with van der Waals surface area (Å²) in [6.07, 6.45) is 19.3. The molecule has 0 bridgehead atoms. The van der Waals surface area contributed by atoms with Gasteiger partial charge >= 0.3 is 0 Å². The van der Waals surface area contributed by atoms with Crippen LogP contribution in [0.25, 0.3) is 0 Å². The van der Waals surface area contributed by atoms with E-state index in [9.17, 15) is 0 Å². The zero-order chi connectivity index (χ0) is 19.1. The molecule has 0 nitrogen and oxygen atoms in total. The molecule has 0 amide bonds. The topological polar surface area (TPSA) is 0 Å². The molecule has 25 heavy (non-hydrogen) atoms. The monoisotopic (exact) mass is 344 g/mol. The molecule has 0 spiro atoms. The van der Waals surface area contributed by atoms with Crippen LogP contribution in [0.5, 0.6) is 0 Å². The summed E-state index contributed by atoms with van der Waals surface area (Å²) in [5, 5.41) is 0. The Kier molecular flexibility index (Phi) is 14.6. The van der Waals surface area contributed by atoms with E-state index in [2.05, 4.69) is 66.0 Å². The highest BCUT2D eigenvalue weighted by atomic mass is 14.2. The predicted molar refractivity (Wildman–Crippen MR) is 117 cm³/mol. The fourth-order valence-electron chi connectivity index (χ4n) is 3.37. The Hall–Kier alpha value is -1.04. The Balaban J connectivity index is 4.76. The van der Waals surface area contributed by atoms with Gasteiger partial charge in [0.1, 0.15) is 0 Å². The number of hydrogen-bond acceptors (Lipinski definition) is 0. The number of hydrogen-bond donors (Lipinski definition) is 0. The van der Waals surface area contributed by atoms with Crippen LogP contribution in [0.3, 0.4) is 0 Å². The second kappa shape index (κ2) is 15.2. The van der Waals surface area contributed by atoms with Crippen molar-refractivity contribution in [2.45, 2.75) is 98.8 Å². The summed E-state index contributed by atoms with van der Waals surface area (Å²) in [6, 6.07) is 0. The molecule has 2 unspecified atom stereocenters. The molecule has 0 fully saturated rings. The van der Waals surface area contributed by atoms with Crippen LogP contribution in [-0.2, 0) is 0 Å². The highest BCUT2D eigenvalue weighted by Crippen LogP contribution is 2.28. The first-order valence-corrected chi connectivity index (χ1v) is 10.6. The molecule has 0 N–H and O–H groups in total. The SMILES string of the molecule is C=CC(CCC=CC(=C)C)CC(CCCC)=C(C)CCC(C)CCC. The first-order valence-electron chi connectivity index (χ1n) is 10.6. The van der Waals surface area contributed by atoms with Crippen LogP contribution < -0.4 is 0 Å². The molecule has 0 aliphatic rings. The van der Waals surface area contributed by atoms with Gasteiger partial charge in [-0.2, -0.15) is 0 Å². The first-order chi connectivity index (χ1) is 11.9. The lowest BCUT2D eigenvalue weighted by Crippen LogP contribution is -2.02. The van der Waals surface area contributed by atoms with Crippen LogP contribution >= 0.6 is 0 Å². The molecule has 0 aromatic heterocycles. The zero-order valence-electron chi connectivity index (χ0n) is 17.9. The summed E-state index contributed by atoms with van der Waals surface area (Å²) in [5.74, 6) is 1.46. The van der Waals surface area contributed by atoms with Gasteiger partial charge in [-0.1, -0.05) is 81.6 Å². The number of unbranched alkanes of at least 4 members (excludes halogenated alkanes) is 1. The molecule has 144 valence electrons. The van der Waals surface area contributed by atoms with Gasteiger partial charge in [0, 0.05) is 0 Å². The van der Waals surface area contributed by atoms with Crippen LogP contribution in [0.4, 0.5) is 0 Å². The van der Waals surface area contributed by atoms with Crippen LogP contribution in [0.15, 0.2) is 48.1 Å². The lowest BCUT2D eigenvalue weighted by Gasteiger charge is -2.19. The molecule has 0 heterocycles. The lowest BCUT2D eigenvalue weighted by atomic mass is 9.87. The van der Waals surface area contributed by atoms with Crippen molar-refractivity contribution in [2.75, 3.05) is 0 Å². The molecular weight excluding hydrogens is 300 g/mol. The summed E-state index contributed by atoms with van der Waals surface area (Å²) in [5.41, 5.74) is 4.50. The second-order valence-electron chi connectivity index (χ2n) is 7.95. The number of allylic oxidation sites excluding steroid dienone is 6. The Morgan fingerprint density at radius 1 is 1.00 bits per heavy atom. The van der Waals surface area contributed by atoms with E-state index in [0.29, 0.717) is 5.92 Å². The maximum Gasteiger partial charge on any atom is -0.0196 e. The fourth-order valence-corrected chi connectivity index (χ4v) is 3.37. The molecule has 2 atom stereocenters. The van der Waals surface area contributed by atoms with Gasteiger partial charge in [-0.15, -0.1) is 6.58 Å². The van der Waals surface area contributed by atoms with Crippen molar-refractivity contribution < 1.29 is 0 Å². The van der Waals surface area contributed by atoms with E-state index in [4.69, 9.17) is 0 Å². The molecule has 0 aromatic rings. The Morgan fingerprint density at radius 3 is 2.28 bits per heavy atom. The molecule has 0 saturated heterocycles. The van der Waals surface area contributed by atoms with Gasteiger partial charge in [0.05, 0.1) is 0 Å². The van der Waals surface area contributed by atoms with Gasteiger partial charge in [0.2, 0.25) is 0 Å². The van der Waals surface area contributed by atoms with Crippen molar-refractivity contribution in [1.29, 1.82) is 0 Å². The average Bonchev–Trinajstić information content (AvgIpc) is 2.58. The standard InChI is InChI=1S/C25H44/c1-8-11-17-25(23(7)19-18-22(6)14-9-2)20-24(10-3)16-13-12-15-21(4)5/h10,12,15,22,24H,3-4,8-9,11,13-14,16-20H2,1-2,5-7H3. The van der Waals surface area contributed by atoms with Crippen molar-refractivity contribution in [2.24, 2.45) is 11.8 Å². The van der Waals surface area contributed by atoms with Gasteiger partial charge in [0.15, 0.2) is 0 Å². The minimum atomic E-state index is 0.602. The number of rotatable bonds is 15. The van der Waals surface area contributed by atoms with Gasteiger partial charge in [0.25, 0.3) is 0 Å². The Bertz CT molecular complexity index is 421. The van der Waals surface area contributed by atoms with E-state index in [1.807, 2.05) is 0 Å². The molecular formula is C25H44. The minimum absolute atomic E-state index is 0.602. The smallest absolute Gasteiger partial charge is 0.0196 e. The summed E-state index contributed by atoms with van der Waals surface area (Å²) in [4.78, 5) is 0. The second-order valence-corrected chi connectivity index (χ2v) is 7.95. The molecule has 0 heteroatoms. The van der Waals surface area contributed by atoms with Crippen LogP contribution in [0, 0.1) is 11.8 Å². The van der Waals surface area contributed by atoms with Crippen LogP contribution in [0.2, 0.25) is 0 Å². The molecule has 0 aromatic carbocycles. The highest BCUT2D eigenvalue weighted by molar-refractivity contribution is 5.15. The maximum absolute atomic E-state index is 4.10. The third-order valence-electron chi connectivity index (χ3n) is 5.18. The summed E-state index contributed by atoms with van der Waals surface area (Å²) in [7, 11) is 0. The van der Waals surface area contributed by atoms with Crippen molar-refractivity contribution in [3.63, 3.8) is 0 Å². The molecule has 0 aliphatic carbocycles. The fraction of sp³-hybridized carbons (Fsp3) is 0.680. The first kappa shape index (κ1) is 24.0. The zero-order valence-corrected chi connectivity index (χ0v) is 17.9. The van der Waals surface area contributed by atoms with Crippen molar-refractivity contribution in [1.82, 2.24) is 0 Å². The predicted octanol–water partition coefficient (Wildman–Crippen LogP) is 8.81. The summed E-state index contributed by atoms with van der Waals surface area (Å²) >= 11 is 0. The normalized spacial score (nSPS) is 15.1. The molecule has 0 rings (SSSR count). The van der Waals surface area contributed by atoms with E-state index in [1.54, 1.807) is 11.1 Å². The van der Waals surface area contributed by atoms with E-state index in [-0.39, 0.29) is 0 Å². The van der Waals surface area contributed by atoms with Gasteiger partial charge < -0.3 is 0 Å². The van der Waals surface area contributed by atoms with Crippen molar-refractivity contribution in [3.8, 4) is 0 Å². The highest BCUT2D eigenvalue weighted by Gasteiger charge is 2.11.